The number of hydrogen-bond donors (Lipinski definition) is 3. The Hall–Kier alpha value is 0.180. The van der Waals surface area contributed by atoms with Crippen molar-refractivity contribution >= 4 is 39.8 Å². The summed E-state index contributed by atoms with van der Waals surface area (Å²) in [6.07, 6.45) is 0. The number of nitrogens with one attached hydrogen (secondary N) is 1. The molecule has 5 N–H and O–H groups in total. The van der Waals surface area contributed by atoms with Gasteiger partial charge >= 0.3 is 0 Å². The van der Waals surface area contributed by atoms with Crippen LogP contribution in [0.15, 0.2) is 35.2 Å². The van der Waals surface area contributed by atoms with Gasteiger partial charge in [-0.05, 0) is 12.1 Å². The van der Waals surface area contributed by atoms with E-state index >= 15 is 0 Å². The number of rotatable bonds is 5. The average molecular weight is 283 g/mol. The number of hydrogen-bond acceptors (Lipinski definition) is 6. The van der Waals surface area contributed by atoms with Crippen LogP contribution in [0.2, 0.25) is 0 Å². The highest BCUT2D eigenvalue weighted by molar-refractivity contribution is 8.89. The monoisotopic (exact) mass is 283 g/mol. The SMILES string of the molecule is NSP(=O)(NS(=O)c1ccccc1)SN. The van der Waals surface area contributed by atoms with Crippen molar-refractivity contribution in [3.05, 3.63) is 30.3 Å². The second-order valence-corrected chi connectivity index (χ2v) is 10.6. The van der Waals surface area contributed by atoms with Crippen molar-refractivity contribution < 1.29 is 8.77 Å². The van der Waals surface area contributed by atoms with Gasteiger partial charge in [-0.3, -0.25) is 14.8 Å². The van der Waals surface area contributed by atoms with Gasteiger partial charge in [-0.1, -0.05) is 18.2 Å². The molecule has 0 spiro atoms. The Morgan fingerprint density at radius 3 is 2.20 bits per heavy atom. The molecular formula is C6H10N3O2PS3. The van der Waals surface area contributed by atoms with Crippen molar-refractivity contribution in [2.75, 3.05) is 0 Å². The molecule has 0 saturated carbocycles. The van der Waals surface area contributed by atoms with Crippen LogP contribution in [-0.4, -0.2) is 4.21 Å². The summed E-state index contributed by atoms with van der Waals surface area (Å²) in [7, 11) is -1.57. The molecule has 0 fully saturated rings. The maximum Gasteiger partial charge on any atom is 0.294 e. The molecule has 9 heteroatoms. The van der Waals surface area contributed by atoms with E-state index in [0.29, 0.717) is 28.0 Å². The van der Waals surface area contributed by atoms with Crippen LogP contribution in [0.25, 0.3) is 0 Å². The zero-order chi connectivity index (χ0) is 11.3. The van der Waals surface area contributed by atoms with Gasteiger partial charge in [0.15, 0.2) is 0 Å². The molecule has 0 bridgehead atoms. The zero-order valence-corrected chi connectivity index (χ0v) is 10.9. The Balaban J connectivity index is 2.76. The minimum Gasteiger partial charge on any atom is -0.279 e. The molecule has 1 atom stereocenters. The first kappa shape index (κ1) is 13.2. The highest BCUT2D eigenvalue weighted by Crippen LogP contribution is 2.60. The third-order valence-corrected chi connectivity index (χ3v) is 8.80. The summed E-state index contributed by atoms with van der Waals surface area (Å²) in [5.41, 5.74) is -3.06. The van der Waals surface area contributed by atoms with Gasteiger partial charge in [-0.2, -0.15) is 4.49 Å². The van der Waals surface area contributed by atoms with Crippen molar-refractivity contribution in [1.29, 1.82) is 0 Å². The quantitative estimate of drug-likeness (QED) is 0.561. The van der Waals surface area contributed by atoms with Crippen molar-refractivity contribution in [3.63, 3.8) is 0 Å². The van der Waals surface area contributed by atoms with E-state index in [1.807, 2.05) is 0 Å². The van der Waals surface area contributed by atoms with E-state index in [1.54, 1.807) is 30.3 Å². The van der Waals surface area contributed by atoms with Crippen LogP contribution in [0.5, 0.6) is 0 Å². The summed E-state index contributed by atoms with van der Waals surface area (Å²) in [5, 5.41) is 10.4. The predicted molar refractivity (Wildman–Crippen MR) is 67.1 cm³/mol. The molecule has 1 aromatic rings. The fourth-order valence-electron chi connectivity index (χ4n) is 0.766. The lowest BCUT2D eigenvalue weighted by atomic mass is 10.4. The summed E-state index contributed by atoms with van der Waals surface area (Å²) in [6, 6.07) is 8.61. The van der Waals surface area contributed by atoms with E-state index in [2.05, 4.69) is 4.49 Å². The van der Waals surface area contributed by atoms with E-state index in [9.17, 15) is 8.77 Å². The summed E-state index contributed by atoms with van der Waals surface area (Å²) in [4.78, 5) is 0.529. The fourth-order valence-corrected chi connectivity index (χ4v) is 5.39. The molecule has 0 saturated heterocycles. The maximum absolute atomic E-state index is 11.7. The van der Waals surface area contributed by atoms with Crippen LogP contribution in [0.1, 0.15) is 0 Å². The predicted octanol–water partition coefficient (Wildman–Crippen LogP) is 1.62. The molecule has 15 heavy (non-hydrogen) atoms. The van der Waals surface area contributed by atoms with Crippen LogP contribution in [0.4, 0.5) is 0 Å². The highest BCUT2D eigenvalue weighted by atomic mass is 33.1. The van der Waals surface area contributed by atoms with Crippen LogP contribution in [0.3, 0.4) is 0 Å². The average Bonchev–Trinajstić information content (AvgIpc) is 2.30. The first-order valence-corrected chi connectivity index (χ1v) is 9.55. The van der Waals surface area contributed by atoms with Crippen LogP contribution < -0.4 is 14.8 Å². The largest absolute Gasteiger partial charge is 0.294 e. The molecule has 0 heterocycles. The fraction of sp³-hybridized carbons (Fsp3) is 0. The van der Waals surface area contributed by atoms with E-state index in [1.165, 1.54) is 0 Å². The highest BCUT2D eigenvalue weighted by Gasteiger charge is 2.24. The molecule has 1 rings (SSSR count). The maximum atomic E-state index is 11.7. The molecule has 0 radical (unpaired) electrons. The topological polar surface area (TPSA) is 98.2 Å². The third kappa shape index (κ3) is 3.92. The zero-order valence-electron chi connectivity index (χ0n) is 7.53. The normalized spacial score (nSPS) is 13.7. The van der Waals surface area contributed by atoms with Crippen LogP contribution in [-0.2, 0) is 15.6 Å². The van der Waals surface area contributed by atoms with Crippen LogP contribution in [0, 0.1) is 0 Å². The standard InChI is InChI=1S/C6H10N3O2PS3/c7-13-12(10,14-8)9-15(11)6-4-2-1-3-5-6/h1-5H,7-8H2,(H,9,10). The molecule has 1 aromatic carbocycles. The van der Waals surface area contributed by atoms with Gasteiger partial charge < -0.3 is 0 Å². The number of nitrogens with two attached hydrogens (primary N) is 2. The lowest BCUT2D eigenvalue weighted by Crippen LogP contribution is -2.12. The second-order valence-electron chi connectivity index (χ2n) is 2.38. The van der Waals surface area contributed by atoms with Crippen molar-refractivity contribution in [1.82, 2.24) is 4.49 Å². The van der Waals surface area contributed by atoms with E-state index in [4.69, 9.17) is 10.3 Å². The molecule has 1 unspecified atom stereocenters. The van der Waals surface area contributed by atoms with E-state index in [-0.39, 0.29) is 0 Å². The van der Waals surface area contributed by atoms with Gasteiger partial charge in [0, 0.05) is 23.1 Å². The second kappa shape index (κ2) is 6.05. The van der Waals surface area contributed by atoms with Crippen molar-refractivity contribution in [3.8, 4) is 0 Å². The van der Waals surface area contributed by atoms with Gasteiger partial charge in [0.1, 0.15) is 11.0 Å². The Morgan fingerprint density at radius 1 is 1.20 bits per heavy atom. The lowest BCUT2D eigenvalue weighted by Gasteiger charge is -2.11. The first-order chi connectivity index (χ1) is 7.11. The number of benzene rings is 1. The summed E-state index contributed by atoms with van der Waals surface area (Å²) in [5.74, 6) is 0. The van der Waals surface area contributed by atoms with Gasteiger partial charge in [-0.25, -0.2) is 4.21 Å². The molecule has 0 aliphatic carbocycles. The Bertz CT molecular complexity index is 380. The molecule has 84 valence electrons. The third-order valence-electron chi connectivity index (χ3n) is 1.43. The summed E-state index contributed by atoms with van der Waals surface area (Å²) < 4.78 is 25.8. The van der Waals surface area contributed by atoms with Gasteiger partial charge in [0.2, 0.25) is 0 Å². The Kier molecular flexibility index (Phi) is 5.34. The van der Waals surface area contributed by atoms with Gasteiger partial charge in [-0.15, -0.1) is 0 Å². The molecule has 0 aliphatic rings. The molecule has 5 nitrogen and oxygen atoms in total. The minimum atomic E-state index is -3.06. The van der Waals surface area contributed by atoms with Crippen LogP contribution >= 0.6 is 28.8 Å². The Labute approximate surface area is 98.5 Å². The van der Waals surface area contributed by atoms with Crippen molar-refractivity contribution in [2.45, 2.75) is 4.90 Å². The lowest BCUT2D eigenvalue weighted by molar-refractivity contribution is 0.592. The summed E-state index contributed by atoms with van der Waals surface area (Å²) in [6.45, 7) is 0. The van der Waals surface area contributed by atoms with Gasteiger partial charge in [0.25, 0.3) is 5.70 Å². The van der Waals surface area contributed by atoms with E-state index < -0.39 is 16.7 Å². The molecule has 0 amide bonds. The first-order valence-electron chi connectivity index (χ1n) is 3.73. The van der Waals surface area contributed by atoms with Gasteiger partial charge in [0.05, 0.1) is 4.90 Å². The molecule has 0 aromatic heterocycles. The Morgan fingerprint density at radius 2 is 1.73 bits per heavy atom. The molecule has 0 aliphatic heterocycles. The van der Waals surface area contributed by atoms with E-state index in [0.717, 1.165) is 0 Å². The summed E-state index contributed by atoms with van der Waals surface area (Å²) >= 11 is 1.17. The minimum absolute atomic E-state index is 0.529. The van der Waals surface area contributed by atoms with Crippen molar-refractivity contribution in [2.24, 2.45) is 10.3 Å². The molecular weight excluding hydrogens is 273 g/mol. The smallest absolute Gasteiger partial charge is 0.279 e.